The van der Waals surface area contributed by atoms with Crippen LogP contribution in [0.25, 0.3) is 0 Å². The number of nitrogens with zero attached hydrogens (tertiary/aromatic N) is 2. The molecule has 1 heterocycles. The molecule has 0 unspecified atom stereocenters. The zero-order valence-electron chi connectivity index (χ0n) is 10.3. The number of nitrogens with two attached hydrogens (primary N) is 2. The van der Waals surface area contributed by atoms with Gasteiger partial charge in [-0.1, -0.05) is 19.3 Å². The summed E-state index contributed by atoms with van der Waals surface area (Å²) in [4.78, 5) is 11.5. The molecule has 17 heavy (non-hydrogen) atoms. The smallest absolute Gasteiger partial charge is 0.254 e. The molecule has 1 aromatic rings. The van der Waals surface area contributed by atoms with Gasteiger partial charge in [-0.2, -0.15) is 5.10 Å². The van der Waals surface area contributed by atoms with Gasteiger partial charge in [-0.3, -0.25) is 4.79 Å². The van der Waals surface area contributed by atoms with Crippen LogP contribution in [0.15, 0.2) is 0 Å². The fraction of sp³-hybridized carbons (Fsp3) is 0.667. The zero-order valence-corrected chi connectivity index (χ0v) is 10.3. The highest BCUT2D eigenvalue weighted by Crippen LogP contribution is 2.35. The lowest BCUT2D eigenvalue weighted by molar-refractivity contribution is 0.0999. The monoisotopic (exact) mass is 236 g/mol. The van der Waals surface area contributed by atoms with Gasteiger partial charge in [0, 0.05) is 12.5 Å². The van der Waals surface area contributed by atoms with Crippen LogP contribution in [0.5, 0.6) is 0 Å². The lowest BCUT2D eigenvalue weighted by atomic mass is 9.85. The molecule has 1 amide bonds. The van der Waals surface area contributed by atoms with Gasteiger partial charge in [0.15, 0.2) is 0 Å². The first-order valence-corrected chi connectivity index (χ1v) is 6.31. The van der Waals surface area contributed by atoms with Gasteiger partial charge in [-0.25, -0.2) is 4.68 Å². The summed E-state index contributed by atoms with van der Waals surface area (Å²) in [6.07, 6.45) is 5.83. The molecule has 1 aliphatic rings. The van der Waals surface area contributed by atoms with Crippen molar-refractivity contribution in [3.63, 3.8) is 0 Å². The summed E-state index contributed by atoms with van der Waals surface area (Å²) < 4.78 is 1.67. The number of carbonyl (C=O) groups excluding carboxylic acids is 1. The number of rotatable bonds is 3. The summed E-state index contributed by atoms with van der Waals surface area (Å²) >= 11 is 0. The SMILES string of the molecule is CCn1nc(C2CCCCC2)c(C(N)=O)c1N. The highest BCUT2D eigenvalue weighted by Gasteiger charge is 2.27. The fourth-order valence-electron chi connectivity index (χ4n) is 2.65. The lowest BCUT2D eigenvalue weighted by Crippen LogP contribution is -2.17. The van der Waals surface area contributed by atoms with Crippen molar-refractivity contribution in [3.05, 3.63) is 11.3 Å². The summed E-state index contributed by atoms with van der Waals surface area (Å²) in [5.41, 5.74) is 12.6. The molecule has 1 aromatic heterocycles. The first-order chi connectivity index (χ1) is 8.15. The number of hydrogen-bond acceptors (Lipinski definition) is 3. The van der Waals surface area contributed by atoms with Crippen LogP contribution in [0, 0.1) is 0 Å². The van der Waals surface area contributed by atoms with E-state index in [1.807, 2.05) is 6.92 Å². The Morgan fingerprint density at radius 1 is 1.41 bits per heavy atom. The molecule has 1 fully saturated rings. The molecule has 1 aliphatic carbocycles. The maximum absolute atomic E-state index is 11.5. The highest BCUT2D eigenvalue weighted by molar-refractivity contribution is 5.98. The minimum atomic E-state index is -0.456. The van der Waals surface area contributed by atoms with Crippen LogP contribution in [0.4, 0.5) is 5.82 Å². The molecule has 5 heteroatoms. The minimum Gasteiger partial charge on any atom is -0.383 e. The Hall–Kier alpha value is -1.52. The van der Waals surface area contributed by atoms with Crippen LogP contribution in [-0.4, -0.2) is 15.7 Å². The van der Waals surface area contributed by atoms with Crippen molar-refractivity contribution in [3.8, 4) is 0 Å². The lowest BCUT2D eigenvalue weighted by Gasteiger charge is -2.20. The second-order valence-corrected chi connectivity index (χ2v) is 4.66. The van der Waals surface area contributed by atoms with Gasteiger partial charge < -0.3 is 11.5 Å². The largest absolute Gasteiger partial charge is 0.383 e. The molecule has 5 nitrogen and oxygen atoms in total. The van der Waals surface area contributed by atoms with E-state index in [1.54, 1.807) is 4.68 Å². The van der Waals surface area contributed by atoms with Crippen LogP contribution >= 0.6 is 0 Å². The summed E-state index contributed by atoms with van der Waals surface area (Å²) in [6.45, 7) is 2.62. The molecular formula is C12H20N4O. The van der Waals surface area contributed by atoms with Crippen molar-refractivity contribution in [2.24, 2.45) is 5.73 Å². The van der Waals surface area contributed by atoms with Crippen LogP contribution in [0.2, 0.25) is 0 Å². The molecule has 94 valence electrons. The normalized spacial score (nSPS) is 17.2. The first kappa shape index (κ1) is 12.0. The second kappa shape index (κ2) is 4.77. The van der Waals surface area contributed by atoms with Crippen molar-refractivity contribution in [2.75, 3.05) is 5.73 Å². The van der Waals surface area contributed by atoms with Gasteiger partial charge in [-0.15, -0.1) is 0 Å². The first-order valence-electron chi connectivity index (χ1n) is 6.31. The molecule has 0 atom stereocenters. The molecule has 0 radical (unpaired) electrons. The van der Waals surface area contributed by atoms with E-state index in [0.29, 0.717) is 23.8 Å². The van der Waals surface area contributed by atoms with E-state index in [4.69, 9.17) is 11.5 Å². The van der Waals surface area contributed by atoms with E-state index in [9.17, 15) is 4.79 Å². The van der Waals surface area contributed by atoms with Crippen LogP contribution < -0.4 is 11.5 Å². The summed E-state index contributed by atoms with van der Waals surface area (Å²) in [6, 6.07) is 0. The Balaban J connectivity index is 2.40. The third-order valence-electron chi connectivity index (χ3n) is 3.56. The van der Waals surface area contributed by atoms with Crippen LogP contribution in [-0.2, 0) is 6.54 Å². The van der Waals surface area contributed by atoms with Gasteiger partial charge in [0.25, 0.3) is 5.91 Å². The number of aryl methyl sites for hydroxylation is 1. The van der Waals surface area contributed by atoms with E-state index in [-0.39, 0.29) is 0 Å². The number of carbonyl (C=O) groups is 1. The topological polar surface area (TPSA) is 86.9 Å². The maximum Gasteiger partial charge on any atom is 0.254 e. The van der Waals surface area contributed by atoms with Crippen molar-refractivity contribution < 1.29 is 4.79 Å². The highest BCUT2D eigenvalue weighted by atomic mass is 16.1. The van der Waals surface area contributed by atoms with Crippen molar-refractivity contribution in [2.45, 2.75) is 51.5 Å². The average Bonchev–Trinajstić information content (AvgIpc) is 2.67. The van der Waals surface area contributed by atoms with Crippen LogP contribution in [0.3, 0.4) is 0 Å². The Bertz CT molecular complexity index is 418. The Labute approximate surface area is 101 Å². The maximum atomic E-state index is 11.5. The zero-order chi connectivity index (χ0) is 12.4. The van der Waals surface area contributed by atoms with E-state index in [0.717, 1.165) is 18.5 Å². The Kier molecular flexibility index (Phi) is 3.36. The van der Waals surface area contributed by atoms with E-state index < -0.39 is 5.91 Å². The quantitative estimate of drug-likeness (QED) is 0.836. The van der Waals surface area contributed by atoms with Crippen molar-refractivity contribution in [1.82, 2.24) is 9.78 Å². The number of amides is 1. The number of nitrogen functional groups attached to an aromatic ring is 1. The van der Waals surface area contributed by atoms with Gasteiger partial charge in [0.1, 0.15) is 11.4 Å². The molecule has 0 aliphatic heterocycles. The van der Waals surface area contributed by atoms with Gasteiger partial charge >= 0.3 is 0 Å². The van der Waals surface area contributed by atoms with Gasteiger partial charge in [-0.05, 0) is 19.8 Å². The van der Waals surface area contributed by atoms with E-state index >= 15 is 0 Å². The van der Waals surface area contributed by atoms with Gasteiger partial charge in [0.2, 0.25) is 0 Å². The molecule has 0 bridgehead atoms. The molecule has 0 saturated heterocycles. The summed E-state index contributed by atoms with van der Waals surface area (Å²) in [5.74, 6) is 0.310. The van der Waals surface area contributed by atoms with Crippen molar-refractivity contribution in [1.29, 1.82) is 0 Å². The number of hydrogen-bond donors (Lipinski definition) is 2. The number of aromatic nitrogens is 2. The fourth-order valence-corrected chi connectivity index (χ4v) is 2.65. The molecule has 1 saturated carbocycles. The van der Waals surface area contributed by atoms with E-state index in [1.165, 1.54) is 19.3 Å². The molecule has 0 spiro atoms. The molecule has 4 N–H and O–H groups in total. The molecule has 0 aromatic carbocycles. The molecule has 2 rings (SSSR count). The number of anilines is 1. The predicted octanol–water partition coefficient (Wildman–Crippen LogP) is 1.63. The minimum absolute atomic E-state index is 0.348. The Morgan fingerprint density at radius 2 is 2.06 bits per heavy atom. The average molecular weight is 236 g/mol. The second-order valence-electron chi connectivity index (χ2n) is 4.66. The number of primary amides is 1. The molecular weight excluding hydrogens is 216 g/mol. The standard InChI is InChI=1S/C12H20N4O/c1-2-16-11(13)9(12(14)17)10(15-16)8-6-4-3-5-7-8/h8H,2-7,13H2,1H3,(H2,14,17). The third-order valence-corrected chi connectivity index (χ3v) is 3.56. The van der Waals surface area contributed by atoms with E-state index in [2.05, 4.69) is 5.10 Å². The summed E-state index contributed by atoms with van der Waals surface area (Å²) in [5, 5.41) is 4.46. The summed E-state index contributed by atoms with van der Waals surface area (Å²) in [7, 11) is 0. The predicted molar refractivity (Wildman–Crippen MR) is 66.7 cm³/mol. The van der Waals surface area contributed by atoms with Crippen LogP contribution in [0.1, 0.15) is 61.0 Å². The Morgan fingerprint density at radius 3 is 2.59 bits per heavy atom. The third kappa shape index (κ3) is 2.14. The van der Waals surface area contributed by atoms with Crippen molar-refractivity contribution >= 4 is 11.7 Å². The van der Waals surface area contributed by atoms with Gasteiger partial charge in [0.05, 0.1) is 5.69 Å².